The van der Waals surface area contributed by atoms with E-state index in [9.17, 15) is 0 Å². The van der Waals surface area contributed by atoms with Crippen LogP contribution in [0, 0.1) is 6.92 Å². The largest absolute Gasteiger partial charge is 0.496 e. The molecule has 7 heteroatoms. The molecule has 1 aromatic carbocycles. The second-order valence-corrected chi connectivity index (χ2v) is 6.86. The Balaban J connectivity index is 1.87. The van der Waals surface area contributed by atoms with Gasteiger partial charge in [0.1, 0.15) is 5.75 Å². The van der Waals surface area contributed by atoms with Crippen LogP contribution in [0.15, 0.2) is 18.2 Å². The lowest BCUT2D eigenvalue weighted by Gasteiger charge is -2.39. The molecule has 136 valence electrons. The van der Waals surface area contributed by atoms with E-state index >= 15 is 0 Å². The van der Waals surface area contributed by atoms with Crippen LogP contribution in [-0.2, 0) is 17.2 Å². The van der Waals surface area contributed by atoms with Gasteiger partial charge in [-0.05, 0) is 43.2 Å². The highest BCUT2D eigenvalue weighted by Crippen LogP contribution is 2.40. The van der Waals surface area contributed by atoms with Gasteiger partial charge in [0.25, 0.3) is 0 Å². The predicted molar refractivity (Wildman–Crippen MR) is 94.7 cm³/mol. The fraction of sp³-hybridized carbons (Fsp3) is 0.611. The first-order valence-corrected chi connectivity index (χ1v) is 8.74. The number of rotatable bonds is 6. The summed E-state index contributed by atoms with van der Waals surface area (Å²) in [5, 5.41) is 15.4. The molecule has 2 heterocycles. The molecule has 0 bridgehead atoms. The molecule has 0 amide bonds. The van der Waals surface area contributed by atoms with E-state index in [4.69, 9.17) is 9.47 Å². The van der Waals surface area contributed by atoms with Gasteiger partial charge in [0.05, 0.1) is 13.2 Å². The summed E-state index contributed by atoms with van der Waals surface area (Å²) in [6.07, 6.45) is 1.92. The zero-order chi connectivity index (χ0) is 17.9. The summed E-state index contributed by atoms with van der Waals surface area (Å²) in [6.45, 7) is 6.56. The maximum atomic E-state index is 5.67. The lowest BCUT2D eigenvalue weighted by atomic mass is 9.73. The number of nitrogens with one attached hydrogen (secondary N) is 1. The summed E-state index contributed by atoms with van der Waals surface area (Å²) in [7, 11) is 3.60. The van der Waals surface area contributed by atoms with Crippen molar-refractivity contribution in [3.8, 4) is 5.75 Å². The Morgan fingerprint density at radius 1 is 1.36 bits per heavy atom. The van der Waals surface area contributed by atoms with E-state index in [1.165, 1.54) is 11.1 Å². The van der Waals surface area contributed by atoms with Crippen molar-refractivity contribution < 1.29 is 9.47 Å². The van der Waals surface area contributed by atoms with E-state index in [0.717, 1.165) is 44.2 Å². The summed E-state index contributed by atoms with van der Waals surface area (Å²) in [5.41, 5.74) is 2.48. The Hall–Kier alpha value is -1.99. The normalized spacial score (nSPS) is 18.1. The van der Waals surface area contributed by atoms with E-state index in [2.05, 4.69) is 52.9 Å². The van der Waals surface area contributed by atoms with E-state index in [1.54, 1.807) is 11.8 Å². The number of aryl methyl sites for hydroxylation is 2. The van der Waals surface area contributed by atoms with E-state index in [1.807, 2.05) is 7.05 Å². The van der Waals surface area contributed by atoms with Crippen LogP contribution in [0.3, 0.4) is 0 Å². The molecule has 2 aromatic rings. The topological polar surface area (TPSA) is 74.1 Å². The third kappa shape index (κ3) is 3.67. The van der Waals surface area contributed by atoms with Crippen molar-refractivity contribution in [3.05, 3.63) is 35.2 Å². The van der Waals surface area contributed by atoms with Crippen LogP contribution in [0.4, 0.5) is 0 Å². The van der Waals surface area contributed by atoms with Crippen LogP contribution in [0.2, 0.25) is 0 Å². The SMILES string of the molecule is COc1ccc(C)cc1C1(CN[C@@H](C)c2nnnn2C)CCOCC1. The quantitative estimate of drug-likeness (QED) is 0.862. The predicted octanol–water partition coefficient (Wildman–Crippen LogP) is 1.93. The lowest BCUT2D eigenvalue weighted by molar-refractivity contribution is 0.0480. The van der Waals surface area contributed by atoms with Gasteiger partial charge in [-0.1, -0.05) is 17.7 Å². The molecule has 0 spiro atoms. The van der Waals surface area contributed by atoms with Crippen LogP contribution in [0.5, 0.6) is 5.75 Å². The second kappa shape index (κ2) is 7.49. The summed E-state index contributed by atoms with van der Waals surface area (Å²) in [6, 6.07) is 6.48. The van der Waals surface area contributed by atoms with Gasteiger partial charge in [-0.15, -0.1) is 5.10 Å². The monoisotopic (exact) mass is 345 g/mol. The standard InChI is InChI=1S/C18H27N5O2/c1-13-5-6-16(24-4)15(11-13)18(7-9-25-10-8-18)12-19-14(2)17-20-21-22-23(17)3/h5-6,11,14,19H,7-10,12H2,1-4H3/t14-/m0/s1. The van der Waals surface area contributed by atoms with Crippen LogP contribution in [-0.4, -0.2) is 47.1 Å². The minimum atomic E-state index is -0.0180. The molecule has 1 aromatic heterocycles. The van der Waals surface area contributed by atoms with E-state index in [0.29, 0.717) is 0 Å². The Morgan fingerprint density at radius 2 is 2.12 bits per heavy atom. The fourth-order valence-electron chi connectivity index (χ4n) is 3.58. The van der Waals surface area contributed by atoms with Crippen molar-refractivity contribution in [2.75, 3.05) is 26.9 Å². The summed E-state index contributed by atoms with van der Waals surface area (Å²) in [4.78, 5) is 0. The van der Waals surface area contributed by atoms with Crippen LogP contribution < -0.4 is 10.1 Å². The minimum absolute atomic E-state index is 0.0180. The molecular formula is C18H27N5O2. The summed E-state index contributed by atoms with van der Waals surface area (Å²) >= 11 is 0. The number of ether oxygens (including phenoxy) is 2. The molecule has 1 aliphatic heterocycles. The molecule has 1 aliphatic rings. The van der Waals surface area contributed by atoms with Gasteiger partial charge < -0.3 is 14.8 Å². The first kappa shape index (κ1) is 17.8. The molecule has 7 nitrogen and oxygen atoms in total. The molecule has 0 radical (unpaired) electrons. The van der Waals surface area contributed by atoms with Gasteiger partial charge in [0, 0.05) is 37.8 Å². The van der Waals surface area contributed by atoms with Crippen molar-refractivity contribution in [1.29, 1.82) is 0 Å². The van der Waals surface area contributed by atoms with Crippen LogP contribution in [0.1, 0.15) is 42.8 Å². The maximum absolute atomic E-state index is 5.67. The molecule has 3 rings (SSSR count). The number of aromatic nitrogens is 4. The number of tetrazole rings is 1. The Morgan fingerprint density at radius 3 is 2.76 bits per heavy atom. The lowest BCUT2D eigenvalue weighted by Crippen LogP contribution is -2.44. The summed E-state index contributed by atoms with van der Waals surface area (Å²) < 4.78 is 13.0. The molecule has 1 fully saturated rings. The van der Waals surface area contributed by atoms with Gasteiger partial charge in [0.2, 0.25) is 0 Å². The maximum Gasteiger partial charge on any atom is 0.167 e. The summed E-state index contributed by atoms with van der Waals surface area (Å²) in [5.74, 6) is 1.78. The molecule has 25 heavy (non-hydrogen) atoms. The fourth-order valence-corrected chi connectivity index (χ4v) is 3.58. The van der Waals surface area contributed by atoms with Gasteiger partial charge in [-0.2, -0.15) is 0 Å². The molecular weight excluding hydrogens is 318 g/mol. The average Bonchev–Trinajstić information content (AvgIpc) is 3.06. The smallest absolute Gasteiger partial charge is 0.167 e. The van der Waals surface area contributed by atoms with Gasteiger partial charge in [-0.3, -0.25) is 0 Å². The van der Waals surface area contributed by atoms with Gasteiger partial charge in [-0.25, -0.2) is 4.68 Å². The van der Waals surface area contributed by atoms with Crippen molar-refractivity contribution in [2.24, 2.45) is 7.05 Å². The number of hydrogen-bond acceptors (Lipinski definition) is 6. The molecule has 1 atom stereocenters. The molecule has 0 unspecified atom stereocenters. The molecule has 0 aliphatic carbocycles. The van der Waals surface area contributed by atoms with E-state index in [-0.39, 0.29) is 11.5 Å². The van der Waals surface area contributed by atoms with Crippen LogP contribution in [0.25, 0.3) is 0 Å². The average molecular weight is 345 g/mol. The molecule has 0 saturated carbocycles. The molecule has 1 saturated heterocycles. The second-order valence-electron chi connectivity index (χ2n) is 6.86. The first-order chi connectivity index (χ1) is 12.1. The van der Waals surface area contributed by atoms with Crippen molar-refractivity contribution >= 4 is 0 Å². The Kier molecular flexibility index (Phi) is 5.34. The van der Waals surface area contributed by atoms with Crippen LogP contribution >= 0.6 is 0 Å². The highest BCUT2D eigenvalue weighted by molar-refractivity contribution is 5.43. The van der Waals surface area contributed by atoms with Gasteiger partial charge >= 0.3 is 0 Å². The highest BCUT2D eigenvalue weighted by atomic mass is 16.5. The number of nitrogens with zero attached hydrogens (tertiary/aromatic N) is 4. The third-order valence-electron chi connectivity index (χ3n) is 5.16. The Labute approximate surface area is 148 Å². The Bertz CT molecular complexity index is 709. The number of benzene rings is 1. The number of hydrogen-bond donors (Lipinski definition) is 1. The number of methoxy groups -OCH3 is 1. The minimum Gasteiger partial charge on any atom is -0.496 e. The highest BCUT2D eigenvalue weighted by Gasteiger charge is 2.37. The first-order valence-electron chi connectivity index (χ1n) is 8.74. The van der Waals surface area contributed by atoms with Gasteiger partial charge in [0.15, 0.2) is 5.82 Å². The molecule has 1 N–H and O–H groups in total. The van der Waals surface area contributed by atoms with Crippen molar-refractivity contribution in [1.82, 2.24) is 25.5 Å². The zero-order valence-electron chi connectivity index (χ0n) is 15.5. The van der Waals surface area contributed by atoms with Crippen molar-refractivity contribution in [3.63, 3.8) is 0 Å². The van der Waals surface area contributed by atoms with E-state index < -0.39 is 0 Å². The third-order valence-corrected chi connectivity index (χ3v) is 5.16. The zero-order valence-corrected chi connectivity index (χ0v) is 15.5. The van der Waals surface area contributed by atoms with Crippen molar-refractivity contribution in [2.45, 2.75) is 38.1 Å².